The third-order valence-corrected chi connectivity index (χ3v) is 6.57. The number of hydrogen-bond acceptors (Lipinski definition) is 8. The van der Waals surface area contributed by atoms with E-state index in [-0.39, 0.29) is 24.4 Å². The Hall–Kier alpha value is -4.20. The SMILES string of the molecule is O=C(Cc1cccnc1)Cc1ccc(C[C@H]2C[C@@H]2Cc2ccc(CC(=O)Cc3cccnc3)nn2)nn1. The maximum Gasteiger partial charge on any atom is 0.143 e. The van der Waals surface area contributed by atoms with Gasteiger partial charge in [0.2, 0.25) is 0 Å². The van der Waals surface area contributed by atoms with Gasteiger partial charge in [-0.2, -0.15) is 20.4 Å². The highest BCUT2D eigenvalue weighted by Crippen LogP contribution is 2.42. The van der Waals surface area contributed by atoms with Gasteiger partial charge in [0.05, 0.1) is 35.6 Å². The zero-order valence-electron chi connectivity index (χ0n) is 20.5. The number of nitrogens with zero attached hydrogens (tertiary/aromatic N) is 6. The minimum Gasteiger partial charge on any atom is -0.299 e. The van der Waals surface area contributed by atoms with Gasteiger partial charge in [0.1, 0.15) is 11.6 Å². The van der Waals surface area contributed by atoms with Crippen LogP contribution in [0.2, 0.25) is 0 Å². The van der Waals surface area contributed by atoms with Crippen molar-refractivity contribution >= 4 is 11.6 Å². The lowest BCUT2D eigenvalue weighted by atomic mass is 10.1. The van der Waals surface area contributed by atoms with Crippen LogP contribution in [0.5, 0.6) is 0 Å². The van der Waals surface area contributed by atoms with Crippen molar-refractivity contribution in [2.75, 3.05) is 0 Å². The zero-order valence-corrected chi connectivity index (χ0v) is 20.5. The molecule has 0 amide bonds. The van der Waals surface area contributed by atoms with E-state index in [1.165, 1.54) is 0 Å². The average Bonchev–Trinajstić information content (AvgIpc) is 3.64. The lowest BCUT2D eigenvalue weighted by Gasteiger charge is -2.04. The smallest absolute Gasteiger partial charge is 0.143 e. The molecule has 8 heteroatoms. The molecule has 4 heterocycles. The first-order chi connectivity index (χ1) is 18.1. The third-order valence-electron chi connectivity index (χ3n) is 6.57. The van der Waals surface area contributed by atoms with Crippen LogP contribution in [0.3, 0.4) is 0 Å². The second-order valence-corrected chi connectivity index (χ2v) is 9.70. The fraction of sp³-hybridized carbons (Fsp3) is 0.310. The summed E-state index contributed by atoms with van der Waals surface area (Å²) in [7, 11) is 0. The maximum atomic E-state index is 12.3. The molecular formula is C29H28N6O2. The van der Waals surface area contributed by atoms with Gasteiger partial charge < -0.3 is 0 Å². The monoisotopic (exact) mass is 492 g/mol. The van der Waals surface area contributed by atoms with Gasteiger partial charge in [-0.05, 0) is 78.6 Å². The summed E-state index contributed by atoms with van der Waals surface area (Å²) >= 11 is 0. The van der Waals surface area contributed by atoms with Gasteiger partial charge in [0, 0.05) is 37.6 Å². The fourth-order valence-corrected chi connectivity index (χ4v) is 4.52. The zero-order chi connectivity index (χ0) is 25.5. The summed E-state index contributed by atoms with van der Waals surface area (Å²) in [5, 5.41) is 17.2. The number of carbonyl (C=O) groups excluding carboxylic acids is 2. The van der Waals surface area contributed by atoms with Crippen molar-refractivity contribution < 1.29 is 9.59 Å². The van der Waals surface area contributed by atoms with E-state index in [9.17, 15) is 9.59 Å². The van der Waals surface area contributed by atoms with Crippen LogP contribution in [-0.2, 0) is 48.1 Å². The molecule has 2 atom stereocenters. The molecule has 4 aromatic rings. The Balaban J connectivity index is 1.04. The molecule has 1 aliphatic rings. The summed E-state index contributed by atoms with van der Waals surface area (Å²) in [5.41, 5.74) is 5.10. The van der Waals surface area contributed by atoms with E-state index >= 15 is 0 Å². The molecule has 4 aromatic heterocycles. The second-order valence-electron chi connectivity index (χ2n) is 9.70. The molecule has 1 aliphatic carbocycles. The Kier molecular flexibility index (Phi) is 7.74. The molecule has 1 saturated carbocycles. The largest absolute Gasteiger partial charge is 0.299 e. The highest BCUT2D eigenvalue weighted by molar-refractivity contribution is 5.83. The standard InChI is InChI=1S/C29H28N6O2/c36-28(11-20-3-1-9-30-18-20)16-26-7-5-24(32-34-26)14-22-13-23(22)15-25-6-8-27(35-33-25)17-29(37)12-21-4-2-10-31-19-21/h1-10,18-19,22-23H,11-17H2/t22-,23-/m1/s1. The summed E-state index contributed by atoms with van der Waals surface area (Å²) in [5.74, 6) is 1.30. The molecule has 5 rings (SSSR count). The Morgan fingerprint density at radius 3 is 1.41 bits per heavy atom. The molecule has 8 nitrogen and oxygen atoms in total. The van der Waals surface area contributed by atoms with Crippen LogP contribution in [0, 0.1) is 11.8 Å². The molecule has 0 unspecified atom stereocenters. The van der Waals surface area contributed by atoms with Crippen molar-refractivity contribution in [1.29, 1.82) is 0 Å². The average molecular weight is 493 g/mol. The molecule has 1 fully saturated rings. The van der Waals surface area contributed by atoms with Crippen molar-refractivity contribution in [2.24, 2.45) is 11.8 Å². The summed E-state index contributed by atoms with van der Waals surface area (Å²) in [6.07, 6.45) is 10.9. The van der Waals surface area contributed by atoms with Gasteiger partial charge in [-0.15, -0.1) is 0 Å². The van der Waals surface area contributed by atoms with E-state index in [2.05, 4.69) is 30.4 Å². The molecule has 186 valence electrons. The number of rotatable bonds is 12. The maximum absolute atomic E-state index is 12.3. The Bertz CT molecular complexity index is 1220. The topological polar surface area (TPSA) is 111 Å². The highest BCUT2D eigenvalue weighted by Gasteiger charge is 2.37. The Morgan fingerprint density at radius 2 is 1.03 bits per heavy atom. The Labute approximate surface area is 215 Å². The van der Waals surface area contributed by atoms with E-state index in [1.807, 2.05) is 48.5 Å². The minimum atomic E-state index is 0.0993. The van der Waals surface area contributed by atoms with E-state index in [4.69, 9.17) is 0 Å². The number of pyridine rings is 2. The highest BCUT2D eigenvalue weighted by atomic mass is 16.1. The van der Waals surface area contributed by atoms with E-state index < -0.39 is 0 Å². The van der Waals surface area contributed by atoms with Crippen LogP contribution in [0.15, 0.2) is 73.3 Å². The molecule has 0 bridgehead atoms. The summed E-state index contributed by atoms with van der Waals surface area (Å²) < 4.78 is 0. The predicted octanol–water partition coefficient (Wildman–Crippen LogP) is 3.19. The molecule has 0 N–H and O–H groups in total. The lowest BCUT2D eigenvalue weighted by molar-refractivity contribution is -0.118. The molecule has 0 aliphatic heterocycles. The second kappa shape index (κ2) is 11.7. The molecule has 0 aromatic carbocycles. The Morgan fingerprint density at radius 1 is 0.595 bits per heavy atom. The van der Waals surface area contributed by atoms with Crippen LogP contribution in [0.4, 0.5) is 0 Å². The molecule has 37 heavy (non-hydrogen) atoms. The van der Waals surface area contributed by atoms with Crippen molar-refractivity contribution in [3.05, 3.63) is 107 Å². The van der Waals surface area contributed by atoms with Gasteiger partial charge in [-0.1, -0.05) is 12.1 Å². The van der Waals surface area contributed by atoms with Crippen molar-refractivity contribution in [2.45, 2.75) is 44.9 Å². The van der Waals surface area contributed by atoms with Crippen LogP contribution in [0.25, 0.3) is 0 Å². The van der Waals surface area contributed by atoms with Crippen LogP contribution >= 0.6 is 0 Å². The number of aromatic nitrogens is 6. The lowest BCUT2D eigenvalue weighted by Crippen LogP contribution is -2.09. The molecule has 0 radical (unpaired) electrons. The summed E-state index contributed by atoms with van der Waals surface area (Å²) in [6, 6.07) is 15.2. The van der Waals surface area contributed by atoms with Gasteiger partial charge in [0.15, 0.2) is 0 Å². The number of Topliss-reactive ketones (excluding diaryl/α,β-unsaturated/α-hetero) is 2. The first-order valence-corrected chi connectivity index (χ1v) is 12.5. The van der Waals surface area contributed by atoms with Crippen LogP contribution in [-0.4, -0.2) is 41.9 Å². The van der Waals surface area contributed by atoms with Crippen LogP contribution < -0.4 is 0 Å². The summed E-state index contributed by atoms with van der Waals surface area (Å²) in [6.45, 7) is 0. The van der Waals surface area contributed by atoms with Crippen molar-refractivity contribution in [1.82, 2.24) is 30.4 Å². The van der Waals surface area contributed by atoms with Gasteiger partial charge in [-0.3, -0.25) is 19.6 Å². The first kappa shape index (κ1) is 24.5. The third kappa shape index (κ3) is 7.39. The van der Waals surface area contributed by atoms with Gasteiger partial charge >= 0.3 is 0 Å². The van der Waals surface area contributed by atoms with Gasteiger partial charge in [-0.25, -0.2) is 0 Å². The van der Waals surface area contributed by atoms with Crippen molar-refractivity contribution in [3.8, 4) is 0 Å². The minimum absolute atomic E-state index is 0.0993. The van der Waals surface area contributed by atoms with E-state index in [1.54, 1.807) is 24.8 Å². The molecular weight excluding hydrogens is 464 g/mol. The summed E-state index contributed by atoms with van der Waals surface area (Å²) in [4.78, 5) is 32.7. The fourth-order valence-electron chi connectivity index (χ4n) is 4.52. The number of ketones is 2. The predicted molar refractivity (Wildman–Crippen MR) is 136 cm³/mol. The van der Waals surface area contributed by atoms with E-state index in [0.29, 0.717) is 36.1 Å². The number of hydrogen-bond donors (Lipinski definition) is 0. The van der Waals surface area contributed by atoms with Crippen molar-refractivity contribution in [3.63, 3.8) is 0 Å². The van der Waals surface area contributed by atoms with Gasteiger partial charge in [0.25, 0.3) is 0 Å². The van der Waals surface area contributed by atoms with Crippen LogP contribution in [0.1, 0.15) is 40.3 Å². The normalized spacial score (nSPS) is 16.3. The number of carbonyl (C=O) groups is 2. The molecule has 0 saturated heterocycles. The molecule has 0 spiro atoms. The quantitative estimate of drug-likeness (QED) is 0.296. The first-order valence-electron chi connectivity index (χ1n) is 12.5. The van der Waals surface area contributed by atoms with E-state index in [0.717, 1.165) is 41.8 Å².